The van der Waals surface area contributed by atoms with E-state index in [0.717, 1.165) is 11.1 Å². The molecule has 2 aliphatic rings. The van der Waals surface area contributed by atoms with Crippen molar-refractivity contribution in [3.05, 3.63) is 65.7 Å². The molecule has 0 N–H and O–H groups in total. The van der Waals surface area contributed by atoms with Crippen molar-refractivity contribution in [2.24, 2.45) is 0 Å². The summed E-state index contributed by atoms with van der Waals surface area (Å²) in [6, 6.07) is 15.9. The maximum atomic E-state index is 12.6. The highest BCUT2D eigenvalue weighted by molar-refractivity contribution is 5.96. The molecule has 1 amide bonds. The zero-order valence-corrected chi connectivity index (χ0v) is 16.5. The Labute approximate surface area is 169 Å². The Hall–Kier alpha value is -2.90. The van der Waals surface area contributed by atoms with E-state index in [1.165, 1.54) is 4.90 Å². The van der Waals surface area contributed by atoms with Crippen LogP contribution in [-0.4, -0.2) is 42.0 Å². The van der Waals surface area contributed by atoms with Crippen LogP contribution in [0.15, 0.2) is 54.6 Å². The number of methoxy groups -OCH3 is 1. The molecule has 4 rings (SSSR count). The zero-order valence-electron chi connectivity index (χ0n) is 16.5. The number of benzene rings is 2. The molecule has 0 saturated carbocycles. The first kappa shape index (κ1) is 19.4. The molecule has 0 bridgehead atoms. The number of hydrogen-bond donors (Lipinski definition) is 0. The van der Waals surface area contributed by atoms with Gasteiger partial charge in [-0.05, 0) is 37.1 Å². The van der Waals surface area contributed by atoms with Crippen LogP contribution in [0.1, 0.15) is 31.1 Å². The van der Waals surface area contributed by atoms with Crippen LogP contribution in [0.2, 0.25) is 0 Å². The van der Waals surface area contributed by atoms with E-state index in [9.17, 15) is 9.59 Å². The van der Waals surface area contributed by atoms with Crippen LogP contribution in [-0.2, 0) is 25.5 Å². The molecular formula is C22H23NO6. The van der Waals surface area contributed by atoms with Gasteiger partial charge in [0.25, 0.3) is 0 Å². The topological polar surface area (TPSA) is 74.3 Å². The number of carbonyl (C=O) groups excluding carboxylic acids is 2. The summed E-state index contributed by atoms with van der Waals surface area (Å²) in [5.74, 6) is -0.833. The lowest BCUT2D eigenvalue weighted by Gasteiger charge is -2.27. The SMILES string of the molecule is COc1ccc([C@@H]2OC(C)(C)O[C@H]2[C@H]2C(=O)OC(=O)N2Cc2ccccc2)cc1. The third-order valence-corrected chi connectivity index (χ3v) is 5.08. The minimum atomic E-state index is -0.917. The summed E-state index contributed by atoms with van der Waals surface area (Å²) in [4.78, 5) is 26.4. The van der Waals surface area contributed by atoms with Crippen LogP contribution in [0.3, 0.4) is 0 Å². The highest BCUT2D eigenvalue weighted by Gasteiger charge is 2.55. The van der Waals surface area contributed by atoms with Gasteiger partial charge in [-0.25, -0.2) is 9.59 Å². The van der Waals surface area contributed by atoms with Crippen molar-refractivity contribution in [3.8, 4) is 5.75 Å². The summed E-state index contributed by atoms with van der Waals surface area (Å²) >= 11 is 0. The zero-order chi connectivity index (χ0) is 20.6. The molecule has 2 aromatic rings. The molecule has 2 saturated heterocycles. The predicted octanol–water partition coefficient (Wildman–Crippen LogP) is 3.44. The first-order chi connectivity index (χ1) is 13.9. The largest absolute Gasteiger partial charge is 0.497 e. The number of amides is 1. The van der Waals surface area contributed by atoms with E-state index >= 15 is 0 Å². The Kier molecular flexibility index (Phi) is 5.02. The molecule has 0 unspecified atom stereocenters. The molecule has 2 fully saturated rings. The standard InChI is InChI=1S/C22H23NO6/c1-22(2)28-18(15-9-11-16(26-3)12-10-15)19(29-22)17-20(24)27-21(25)23(17)13-14-7-5-4-6-8-14/h4-12,17-19H,13H2,1-3H3/t17-,18-,19-/m0/s1. The molecule has 3 atom stereocenters. The van der Waals surface area contributed by atoms with Gasteiger partial charge in [0.05, 0.1) is 13.7 Å². The van der Waals surface area contributed by atoms with Gasteiger partial charge in [-0.3, -0.25) is 4.90 Å². The van der Waals surface area contributed by atoms with Gasteiger partial charge in [0.2, 0.25) is 0 Å². The smallest absolute Gasteiger partial charge is 0.418 e. The second-order valence-electron chi connectivity index (χ2n) is 7.54. The fourth-order valence-electron chi connectivity index (χ4n) is 3.77. The van der Waals surface area contributed by atoms with E-state index in [1.54, 1.807) is 21.0 Å². The highest BCUT2D eigenvalue weighted by Crippen LogP contribution is 2.42. The monoisotopic (exact) mass is 397 g/mol. The van der Waals surface area contributed by atoms with E-state index in [1.807, 2.05) is 54.6 Å². The number of ether oxygens (including phenoxy) is 4. The van der Waals surface area contributed by atoms with Crippen molar-refractivity contribution in [2.75, 3.05) is 7.11 Å². The second-order valence-corrected chi connectivity index (χ2v) is 7.54. The van der Waals surface area contributed by atoms with Crippen LogP contribution in [0, 0.1) is 0 Å². The van der Waals surface area contributed by atoms with Crippen LogP contribution in [0.4, 0.5) is 4.79 Å². The highest BCUT2D eigenvalue weighted by atomic mass is 16.8. The molecule has 2 aliphatic heterocycles. The molecule has 0 aromatic heterocycles. The Balaban J connectivity index is 1.66. The Morgan fingerprint density at radius 3 is 2.34 bits per heavy atom. The van der Waals surface area contributed by atoms with Gasteiger partial charge in [-0.1, -0.05) is 42.5 Å². The summed E-state index contributed by atoms with van der Waals surface area (Å²) in [6.07, 6.45) is -1.93. The minimum Gasteiger partial charge on any atom is -0.497 e. The van der Waals surface area contributed by atoms with Gasteiger partial charge < -0.3 is 18.9 Å². The van der Waals surface area contributed by atoms with Crippen LogP contribution in [0.5, 0.6) is 5.75 Å². The number of nitrogens with zero attached hydrogens (tertiary/aromatic N) is 1. The Morgan fingerprint density at radius 2 is 1.69 bits per heavy atom. The van der Waals surface area contributed by atoms with E-state index in [-0.39, 0.29) is 6.54 Å². The molecular weight excluding hydrogens is 374 g/mol. The van der Waals surface area contributed by atoms with Crippen molar-refractivity contribution in [1.82, 2.24) is 4.90 Å². The normalized spacial score (nSPS) is 25.9. The first-order valence-corrected chi connectivity index (χ1v) is 9.44. The summed E-state index contributed by atoms with van der Waals surface area (Å²) in [6.45, 7) is 3.81. The minimum absolute atomic E-state index is 0.242. The maximum absolute atomic E-state index is 12.6. The van der Waals surface area contributed by atoms with Crippen molar-refractivity contribution in [1.29, 1.82) is 0 Å². The van der Waals surface area contributed by atoms with E-state index in [2.05, 4.69) is 0 Å². The number of esters is 1. The fourth-order valence-corrected chi connectivity index (χ4v) is 3.77. The third-order valence-electron chi connectivity index (χ3n) is 5.08. The molecule has 7 heteroatoms. The molecule has 2 aromatic carbocycles. The predicted molar refractivity (Wildman–Crippen MR) is 103 cm³/mol. The number of carbonyl (C=O) groups is 2. The molecule has 0 radical (unpaired) electrons. The van der Waals surface area contributed by atoms with E-state index in [4.69, 9.17) is 18.9 Å². The van der Waals surface area contributed by atoms with Crippen LogP contribution < -0.4 is 4.74 Å². The van der Waals surface area contributed by atoms with Crippen LogP contribution in [0.25, 0.3) is 0 Å². The summed E-state index contributed by atoms with van der Waals surface area (Å²) in [5, 5.41) is 0. The van der Waals surface area contributed by atoms with Crippen molar-refractivity contribution in [2.45, 2.75) is 44.4 Å². The van der Waals surface area contributed by atoms with Crippen molar-refractivity contribution >= 4 is 12.1 Å². The van der Waals surface area contributed by atoms with Crippen molar-refractivity contribution < 1.29 is 28.5 Å². The first-order valence-electron chi connectivity index (χ1n) is 9.44. The van der Waals surface area contributed by atoms with Gasteiger partial charge in [-0.15, -0.1) is 0 Å². The Morgan fingerprint density at radius 1 is 1.00 bits per heavy atom. The quantitative estimate of drug-likeness (QED) is 0.568. The molecule has 7 nitrogen and oxygen atoms in total. The summed E-state index contributed by atoms with van der Waals surface area (Å²) < 4.78 is 22.4. The number of hydrogen-bond acceptors (Lipinski definition) is 6. The Bertz CT molecular complexity index is 895. The van der Waals surface area contributed by atoms with Crippen LogP contribution >= 0.6 is 0 Å². The van der Waals surface area contributed by atoms with Gasteiger partial charge in [0.15, 0.2) is 11.8 Å². The number of cyclic esters (lactones) is 2. The molecule has 2 heterocycles. The molecule has 0 spiro atoms. The number of rotatable bonds is 5. The molecule has 0 aliphatic carbocycles. The lowest BCUT2D eigenvalue weighted by Crippen LogP contribution is -2.46. The van der Waals surface area contributed by atoms with Crippen molar-refractivity contribution in [3.63, 3.8) is 0 Å². The molecule has 152 valence electrons. The third kappa shape index (κ3) is 3.83. The lowest BCUT2D eigenvalue weighted by atomic mass is 9.98. The second kappa shape index (κ2) is 7.50. The van der Waals surface area contributed by atoms with E-state index in [0.29, 0.717) is 5.75 Å². The van der Waals surface area contributed by atoms with Gasteiger partial charge in [-0.2, -0.15) is 0 Å². The maximum Gasteiger partial charge on any atom is 0.418 e. The molecule has 29 heavy (non-hydrogen) atoms. The van der Waals surface area contributed by atoms with E-state index < -0.39 is 36.1 Å². The fraction of sp³-hybridized carbons (Fsp3) is 0.364. The lowest BCUT2D eigenvalue weighted by molar-refractivity contribution is -0.155. The average molecular weight is 397 g/mol. The van der Waals surface area contributed by atoms with Gasteiger partial charge in [0.1, 0.15) is 18.0 Å². The van der Waals surface area contributed by atoms with Gasteiger partial charge in [0, 0.05) is 0 Å². The average Bonchev–Trinajstić information content (AvgIpc) is 3.17. The summed E-state index contributed by atoms with van der Waals surface area (Å²) in [7, 11) is 1.59. The van der Waals surface area contributed by atoms with Gasteiger partial charge >= 0.3 is 12.1 Å². The summed E-state index contributed by atoms with van der Waals surface area (Å²) in [5.41, 5.74) is 1.72.